The third-order valence-electron chi connectivity index (χ3n) is 3.90. The van der Waals surface area contributed by atoms with E-state index in [0.29, 0.717) is 11.0 Å². The van der Waals surface area contributed by atoms with Gasteiger partial charge in [-0.2, -0.15) is 4.31 Å². The molecule has 0 bridgehead atoms. The first-order valence-corrected chi connectivity index (χ1v) is 10.2. The molecule has 1 atom stereocenters. The van der Waals surface area contributed by atoms with Crippen LogP contribution in [0, 0.1) is 0 Å². The van der Waals surface area contributed by atoms with Gasteiger partial charge in [0.1, 0.15) is 4.90 Å². The summed E-state index contributed by atoms with van der Waals surface area (Å²) in [5.41, 5.74) is 6.25. The number of nitrogen functional groups attached to an aromatic ring is 1. The highest BCUT2D eigenvalue weighted by Gasteiger charge is 2.34. The summed E-state index contributed by atoms with van der Waals surface area (Å²) in [7, 11) is -3.58. The Morgan fingerprint density at radius 3 is 2.62 bits per heavy atom. The average molecular weight is 440 g/mol. The molecule has 21 heavy (non-hydrogen) atoms. The van der Waals surface area contributed by atoms with Gasteiger partial charge in [-0.25, -0.2) is 8.42 Å². The lowest BCUT2D eigenvalue weighted by Crippen LogP contribution is -2.40. The zero-order valence-corrected chi connectivity index (χ0v) is 16.0. The predicted molar refractivity (Wildman–Crippen MR) is 92.7 cm³/mol. The maximum Gasteiger partial charge on any atom is 0.246 e. The third kappa shape index (κ3) is 3.63. The fourth-order valence-corrected chi connectivity index (χ4v) is 6.63. The molecule has 0 saturated carbocycles. The van der Waals surface area contributed by atoms with Gasteiger partial charge < -0.3 is 5.73 Å². The number of nitrogens with zero attached hydrogens (tertiary/aromatic N) is 1. The van der Waals surface area contributed by atoms with Crippen molar-refractivity contribution < 1.29 is 8.42 Å². The topological polar surface area (TPSA) is 63.4 Å². The highest BCUT2D eigenvalue weighted by atomic mass is 79.9. The number of hydrogen-bond donors (Lipinski definition) is 1. The molecule has 1 fully saturated rings. The number of sulfonamides is 1. The van der Waals surface area contributed by atoms with Crippen LogP contribution < -0.4 is 5.73 Å². The summed E-state index contributed by atoms with van der Waals surface area (Å²) < 4.78 is 29.0. The van der Waals surface area contributed by atoms with Crippen LogP contribution in [-0.4, -0.2) is 25.3 Å². The zero-order chi connectivity index (χ0) is 15.6. The van der Waals surface area contributed by atoms with Crippen LogP contribution in [0.15, 0.2) is 26.0 Å². The first-order chi connectivity index (χ1) is 9.87. The second kappa shape index (κ2) is 6.98. The van der Waals surface area contributed by atoms with E-state index in [1.807, 2.05) is 6.92 Å². The number of rotatable bonds is 3. The van der Waals surface area contributed by atoms with Crippen molar-refractivity contribution in [1.29, 1.82) is 0 Å². The molecule has 0 aliphatic carbocycles. The summed E-state index contributed by atoms with van der Waals surface area (Å²) in [5.74, 6) is 0. The van der Waals surface area contributed by atoms with E-state index in [1.165, 1.54) is 0 Å². The first kappa shape index (κ1) is 17.2. The summed E-state index contributed by atoms with van der Waals surface area (Å²) in [6.45, 7) is 2.61. The van der Waals surface area contributed by atoms with Gasteiger partial charge in [-0.3, -0.25) is 0 Å². The normalized spacial score (nSPS) is 21.2. The van der Waals surface area contributed by atoms with Gasteiger partial charge in [0, 0.05) is 21.5 Å². The summed E-state index contributed by atoms with van der Waals surface area (Å²) >= 11 is 6.68. The Balaban J connectivity index is 2.50. The van der Waals surface area contributed by atoms with E-state index < -0.39 is 10.0 Å². The number of halogens is 2. The highest BCUT2D eigenvalue weighted by molar-refractivity contribution is 9.11. The lowest BCUT2D eigenvalue weighted by molar-refractivity contribution is 0.315. The van der Waals surface area contributed by atoms with Gasteiger partial charge in [-0.15, -0.1) is 0 Å². The Morgan fingerprint density at radius 2 is 2.00 bits per heavy atom. The van der Waals surface area contributed by atoms with Crippen LogP contribution in [0.3, 0.4) is 0 Å². The minimum Gasteiger partial charge on any atom is -0.398 e. The highest BCUT2D eigenvalue weighted by Crippen LogP contribution is 2.36. The van der Waals surface area contributed by atoms with E-state index in [1.54, 1.807) is 16.4 Å². The van der Waals surface area contributed by atoms with Gasteiger partial charge in [0.2, 0.25) is 10.0 Å². The van der Waals surface area contributed by atoms with Gasteiger partial charge in [0.25, 0.3) is 0 Å². The Morgan fingerprint density at radius 1 is 1.29 bits per heavy atom. The Kier molecular flexibility index (Phi) is 5.73. The maximum atomic E-state index is 13.1. The number of hydrogen-bond acceptors (Lipinski definition) is 3. The average Bonchev–Trinajstić information content (AvgIpc) is 2.62. The van der Waals surface area contributed by atoms with Gasteiger partial charge >= 0.3 is 0 Å². The molecule has 1 aromatic rings. The van der Waals surface area contributed by atoms with Gasteiger partial charge in [-0.05, 0) is 47.3 Å². The molecule has 1 aromatic carbocycles. The molecule has 2 N–H and O–H groups in total. The summed E-state index contributed by atoms with van der Waals surface area (Å²) in [6.07, 6.45) is 4.82. The third-order valence-corrected chi connectivity index (χ3v) is 7.31. The molecule has 0 spiro atoms. The molecule has 1 unspecified atom stereocenters. The molecule has 2 rings (SSSR count). The van der Waals surface area contributed by atoms with Gasteiger partial charge in [0.05, 0.1) is 5.69 Å². The van der Waals surface area contributed by atoms with Crippen molar-refractivity contribution in [2.24, 2.45) is 0 Å². The van der Waals surface area contributed by atoms with Crippen molar-refractivity contribution in [1.82, 2.24) is 4.31 Å². The minimum absolute atomic E-state index is 0.0625. The predicted octanol–water partition coefficient (Wildman–Crippen LogP) is 4.14. The van der Waals surface area contributed by atoms with E-state index in [0.717, 1.165) is 36.6 Å². The van der Waals surface area contributed by atoms with Crippen molar-refractivity contribution in [3.05, 3.63) is 21.1 Å². The first-order valence-electron chi connectivity index (χ1n) is 7.14. The molecule has 1 saturated heterocycles. The largest absolute Gasteiger partial charge is 0.398 e. The van der Waals surface area contributed by atoms with Crippen LogP contribution in [0.4, 0.5) is 5.69 Å². The van der Waals surface area contributed by atoms with Crippen molar-refractivity contribution >= 4 is 47.6 Å². The quantitative estimate of drug-likeness (QED) is 0.719. The van der Waals surface area contributed by atoms with E-state index in [2.05, 4.69) is 31.9 Å². The van der Waals surface area contributed by atoms with Crippen LogP contribution in [-0.2, 0) is 10.0 Å². The SMILES string of the molecule is CCC1CCCCCN1S(=O)(=O)c1c(N)cc(Br)cc1Br. The second-order valence-electron chi connectivity index (χ2n) is 5.33. The Bertz CT molecular complexity index is 596. The zero-order valence-electron chi connectivity index (χ0n) is 12.0. The van der Waals surface area contributed by atoms with Crippen molar-refractivity contribution in [2.75, 3.05) is 12.3 Å². The van der Waals surface area contributed by atoms with Crippen LogP contribution in [0.2, 0.25) is 0 Å². The van der Waals surface area contributed by atoms with Crippen molar-refractivity contribution in [2.45, 2.75) is 50.0 Å². The molecule has 0 radical (unpaired) electrons. The molecule has 1 heterocycles. The van der Waals surface area contributed by atoms with Crippen LogP contribution in [0.5, 0.6) is 0 Å². The number of anilines is 1. The number of benzene rings is 1. The molecule has 7 heteroatoms. The van der Waals surface area contributed by atoms with Gasteiger partial charge in [-0.1, -0.05) is 35.7 Å². The van der Waals surface area contributed by atoms with E-state index >= 15 is 0 Å². The second-order valence-corrected chi connectivity index (χ2v) is 8.93. The molecule has 0 aromatic heterocycles. The van der Waals surface area contributed by atoms with Crippen molar-refractivity contribution in [3.8, 4) is 0 Å². The van der Waals surface area contributed by atoms with E-state index in [4.69, 9.17) is 5.73 Å². The molecular formula is C14H20Br2N2O2S. The standard InChI is InChI=1S/C14H20Br2N2O2S/c1-2-11-6-4-3-5-7-18(11)21(19,20)14-12(16)8-10(15)9-13(14)17/h8-9,11H,2-7,17H2,1H3. The molecule has 4 nitrogen and oxygen atoms in total. The Hall–Kier alpha value is -0.110. The molecule has 118 valence electrons. The molecule has 1 aliphatic heterocycles. The van der Waals surface area contributed by atoms with Crippen LogP contribution in [0.1, 0.15) is 39.0 Å². The lowest BCUT2D eigenvalue weighted by atomic mass is 10.1. The van der Waals surface area contributed by atoms with Gasteiger partial charge in [0.15, 0.2) is 0 Å². The monoisotopic (exact) mass is 438 g/mol. The maximum absolute atomic E-state index is 13.1. The minimum atomic E-state index is -3.58. The smallest absolute Gasteiger partial charge is 0.246 e. The molecule has 1 aliphatic rings. The fourth-order valence-electron chi connectivity index (χ4n) is 2.84. The lowest BCUT2D eigenvalue weighted by Gasteiger charge is -2.29. The summed E-state index contributed by atoms with van der Waals surface area (Å²) in [4.78, 5) is 0.186. The Labute approximate surface area is 143 Å². The molecule has 0 amide bonds. The van der Waals surface area contributed by atoms with Crippen LogP contribution >= 0.6 is 31.9 Å². The van der Waals surface area contributed by atoms with E-state index in [9.17, 15) is 8.42 Å². The number of nitrogens with two attached hydrogens (primary N) is 1. The van der Waals surface area contributed by atoms with E-state index in [-0.39, 0.29) is 16.6 Å². The molecular weight excluding hydrogens is 420 g/mol. The fraction of sp³-hybridized carbons (Fsp3) is 0.571. The van der Waals surface area contributed by atoms with Crippen LogP contribution in [0.25, 0.3) is 0 Å². The summed E-state index contributed by atoms with van der Waals surface area (Å²) in [5, 5.41) is 0. The summed E-state index contributed by atoms with van der Waals surface area (Å²) in [6, 6.07) is 3.42. The van der Waals surface area contributed by atoms with Crippen molar-refractivity contribution in [3.63, 3.8) is 0 Å².